The van der Waals surface area contributed by atoms with Gasteiger partial charge in [-0.25, -0.2) is 9.67 Å². The SMILES string of the molecule is CC(C)[C@H](NC(=O)CCc1nc2c(cnn2-c2ccccc2)c(=O)[nH]1)c1cccs1. The van der Waals surface area contributed by atoms with Crippen LogP contribution in [0.5, 0.6) is 0 Å². The van der Waals surface area contributed by atoms with Gasteiger partial charge in [-0.05, 0) is 29.5 Å². The van der Waals surface area contributed by atoms with Crippen molar-refractivity contribution in [3.05, 3.63) is 75.1 Å². The number of amides is 1. The highest BCUT2D eigenvalue weighted by atomic mass is 32.1. The van der Waals surface area contributed by atoms with Crippen molar-refractivity contribution >= 4 is 28.3 Å². The van der Waals surface area contributed by atoms with Crippen molar-refractivity contribution < 1.29 is 4.79 Å². The molecule has 1 amide bonds. The maximum Gasteiger partial charge on any atom is 0.262 e. The number of carbonyl (C=O) groups is 1. The Bertz CT molecular complexity index is 1200. The van der Waals surface area contributed by atoms with Crippen molar-refractivity contribution in [2.45, 2.75) is 32.7 Å². The molecule has 1 atom stereocenters. The highest BCUT2D eigenvalue weighted by molar-refractivity contribution is 7.10. The number of hydrogen-bond donors (Lipinski definition) is 2. The number of rotatable bonds is 7. The number of hydrogen-bond acceptors (Lipinski definition) is 5. The van der Waals surface area contributed by atoms with Crippen molar-refractivity contribution in [3.63, 3.8) is 0 Å². The number of nitrogens with one attached hydrogen (secondary N) is 2. The minimum atomic E-state index is -0.253. The minimum absolute atomic E-state index is 0.0218. The van der Waals surface area contributed by atoms with E-state index < -0.39 is 0 Å². The third kappa shape index (κ3) is 4.18. The van der Waals surface area contributed by atoms with Crippen molar-refractivity contribution in [3.8, 4) is 5.69 Å². The molecule has 7 nitrogen and oxygen atoms in total. The Morgan fingerprint density at radius 1 is 1.20 bits per heavy atom. The summed E-state index contributed by atoms with van der Waals surface area (Å²) in [5, 5.41) is 9.84. The Morgan fingerprint density at radius 2 is 2.00 bits per heavy atom. The predicted molar refractivity (Wildman–Crippen MR) is 118 cm³/mol. The molecular weight excluding hydrogens is 398 g/mol. The first-order valence-electron chi connectivity index (χ1n) is 9.88. The van der Waals surface area contributed by atoms with Gasteiger partial charge >= 0.3 is 0 Å². The predicted octanol–water partition coefficient (Wildman–Crippen LogP) is 3.62. The summed E-state index contributed by atoms with van der Waals surface area (Å²) in [6.45, 7) is 4.17. The van der Waals surface area contributed by atoms with Gasteiger partial charge in [-0.1, -0.05) is 38.1 Å². The van der Waals surface area contributed by atoms with Gasteiger partial charge in [-0.3, -0.25) is 9.59 Å². The third-order valence-electron chi connectivity index (χ3n) is 4.91. The van der Waals surface area contributed by atoms with Gasteiger partial charge in [0.05, 0.1) is 17.9 Å². The van der Waals surface area contributed by atoms with Gasteiger partial charge in [0, 0.05) is 17.7 Å². The smallest absolute Gasteiger partial charge is 0.262 e. The molecule has 0 unspecified atom stereocenters. The molecule has 0 aliphatic heterocycles. The van der Waals surface area contributed by atoms with Crippen LogP contribution in [0.1, 0.15) is 37.0 Å². The summed E-state index contributed by atoms with van der Waals surface area (Å²) in [4.78, 5) is 33.5. The molecule has 3 aromatic heterocycles. The second-order valence-electron chi connectivity index (χ2n) is 7.45. The van der Waals surface area contributed by atoms with Gasteiger partial charge in [0.1, 0.15) is 11.2 Å². The molecular formula is C22H23N5O2S. The van der Waals surface area contributed by atoms with E-state index in [-0.39, 0.29) is 29.8 Å². The van der Waals surface area contributed by atoms with Crippen LogP contribution < -0.4 is 10.9 Å². The Hall–Kier alpha value is -3.26. The molecule has 8 heteroatoms. The molecule has 0 saturated carbocycles. The molecule has 2 N–H and O–H groups in total. The fourth-order valence-electron chi connectivity index (χ4n) is 3.35. The molecule has 0 bridgehead atoms. The summed E-state index contributed by atoms with van der Waals surface area (Å²) in [5.41, 5.74) is 1.06. The Labute approximate surface area is 177 Å². The topological polar surface area (TPSA) is 92.7 Å². The molecule has 0 radical (unpaired) electrons. The van der Waals surface area contributed by atoms with Crippen LogP contribution in [0, 0.1) is 5.92 Å². The number of aromatic amines is 1. The number of aryl methyl sites for hydroxylation is 1. The second kappa shape index (κ2) is 8.62. The average molecular weight is 422 g/mol. The summed E-state index contributed by atoms with van der Waals surface area (Å²) < 4.78 is 1.64. The van der Waals surface area contributed by atoms with E-state index in [4.69, 9.17) is 0 Å². The van der Waals surface area contributed by atoms with E-state index in [9.17, 15) is 9.59 Å². The lowest BCUT2D eigenvalue weighted by atomic mass is 10.0. The lowest BCUT2D eigenvalue weighted by Gasteiger charge is -2.21. The standard InChI is InChI=1S/C22H23N5O2S/c1-14(2)20(17-9-6-12-30-17)26-19(28)11-10-18-24-21-16(22(29)25-18)13-23-27(21)15-7-4-3-5-8-15/h3-9,12-14,20H,10-11H2,1-2H3,(H,26,28)(H,24,25,29)/t20-/m0/s1. The molecule has 30 heavy (non-hydrogen) atoms. The summed E-state index contributed by atoms with van der Waals surface area (Å²) in [5.74, 6) is 0.682. The van der Waals surface area contributed by atoms with Crippen LogP contribution in [0.2, 0.25) is 0 Å². The molecule has 154 valence electrons. The van der Waals surface area contributed by atoms with E-state index in [1.807, 2.05) is 47.8 Å². The zero-order valence-corrected chi connectivity index (χ0v) is 17.6. The average Bonchev–Trinajstić information content (AvgIpc) is 3.41. The normalized spacial score (nSPS) is 12.4. The van der Waals surface area contributed by atoms with Gasteiger partial charge in [0.15, 0.2) is 5.65 Å². The third-order valence-corrected chi connectivity index (χ3v) is 5.87. The molecule has 3 heterocycles. The van der Waals surface area contributed by atoms with Crippen LogP contribution in [-0.2, 0) is 11.2 Å². The number of fused-ring (bicyclic) bond motifs is 1. The van der Waals surface area contributed by atoms with Crippen LogP contribution in [0.4, 0.5) is 0 Å². The molecule has 4 rings (SSSR count). The fraction of sp³-hybridized carbons (Fsp3) is 0.273. The number of thiophene rings is 1. The minimum Gasteiger partial charge on any atom is -0.348 e. The first-order valence-corrected chi connectivity index (χ1v) is 10.8. The van der Waals surface area contributed by atoms with Gasteiger partial charge in [-0.15, -0.1) is 11.3 Å². The van der Waals surface area contributed by atoms with Crippen LogP contribution >= 0.6 is 11.3 Å². The first kappa shape index (κ1) is 20.0. The van der Waals surface area contributed by atoms with Crippen LogP contribution in [-0.4, -0.2) is 25.7 Å². The number of benzene rings is 1. The highest BCUT2D eigenvalue weighted by Gasteiger charge is 2.19. The number of para-hydroxylation sites is 1. The number of H-pyrrole nitrogens is 1. The zero-order chi connectivity index (χ0) is 21.1. The molecule has 0 aliphatic carbocycles. The van der Waals surface area contributed by atoms with Crippen molar-refractivity contribution in [2.75, 3.05) is 0 Å². The van der Waals surface area contributed by atoms with E-state index >= 15 is 0 Å². The largest absolute Gasteiger partial charge is 0.348 e. The Balaban J connectivity index is 1.51. The van der Waals surface area contributed by atoms with Crippen LogP contribution in [0.25, 0.3) is 16.7 Å². The summed E-state index contributed by atoms with van der Waals surface area (Å²) in [7, 11) is 0. The lowest BCUT2D eigenvalue weighted by molar-refractivity contribution is -0.122. The number of aromatic nitrogens is 4. The Kier molecular flexibility index (Phi) is 5.76. The molecule has 0 saturated heterocycles. The van der Waals surface area contributed by atoms with Gasteiger partial charge in [0.25, 0.3) is 5.56 Å². The lowest BCUT2D eigenvalue weighted by Crippen LogP contribution is -2.31. The summed E-state index contributed by atoms with van der Waals surface area (Å²) in [6, 6.07) is 13.5. The Morgan fingerprint density at radius 3 is 2.70 bits per heavy atom. The maximum atomic E-state index is 12.6. The van der Waals surface area contributed by atoms with E-state index in [1.165, 1.54) is 6.20 Å². The highest BCUT2D eigenvalue weighted by Crippen LogP contribution is 2.25. The van der Waals surface area contributed by atoms with Gasteiger partial charge in [-0.2, -0.15) is 5.10 Å². The quantitative estimate of drug-likeness (QED) is 0.477. The first-order chi connectivity index (χ1) is 14.5. The van der Waals surface area contributed by atoms with E-state index in [2.05, 4.69) is 34.2 Å². The summed E-state index contributed by atoms with van der Waals surface area (Å²) >= 11 is 1.64. The number of carbonyl (C=O) groups excluding carboxylic acids is 1. The second-order valence-corrected chi connectivity index (χ2v) is 8.43. The van der Waals surface area contributed by atoms with Crippen molar-refractivity contribution in [1.29, 1.82) is 0 Å². The van der Waals surface area contributed by atoms with E-state index in [0.717, 1.165) is 10.6 Å². The van der Waals surface area contributed by atoms with Crippen LogP contribution in [0.3, 0.4) is 0 Å². The maximum absolute atomic E-state index is 12.6. The van der Waals surface area contributed by atoms with Crippen molar-refractivity contribution in [2.24, 2.45) is 5.92 Å². The molecule has 0 fully saturated rings. The monoisotopic (exact) mass is 421 g/mol. The molecule has 0 aliphatic rings. The molecule has 4 aromatic rings. The van der Waals surface area contributed by atoms with E-state index in [1.54, 1.807) is 16.0 Å². The summed E-state index contributed by atoms with van der Waals surface area (Å²) in [6.07, 6.45) is 2.09. The van der Waals surface area contributed by atoms with Gasteiger partial charge in [0.2, 0.25) is 5.91 Å². The number of nitrogens with zero attached hydrogens (tertiary/aromatic N) is 3. The molecule has 1 aromatic carbocycles. The van der Waals surface area contributed by atoms with Crippen LogP contribution in [0.15, 0.2) is 58.8 Å². The fourth-order valence-corrected chi connectivity index (χ4v) is 4.30. The zero-order valence-electron chi connectivity index (χ0n) is 16.8. The van der Waals surface area contributed by atoms with E-state index in [0.29, 0.717) is 23.3 Å². The molecule has 0 spiro atoms. The van der Waals surface area contributed by atoms with Crippen molar-refractivity contribution in [1.82, 2.24) is 25.1 Å². The van der Waals surface area contributed by atoms with Gasteiger partial charge < -0.3 is 10.3 Å².